The van der Waals surface area contributed by atoms with E-state index in [0.29, 0.717) is 13.2 Å². The SMILES string of the molecule is CN=C(NCCCOCCOC)NCc1ccnc(N2CCCCC2)c1.I. The summed E-state index contributed by atoms with van der Waals surface area (Å²) in [5, 5.41) is 6.67. The Kier molecular flexibility index (Phi) is 13.2. The number of hydrogen-bond acceptors (Lipinski definition) is 5. The lowest BCUT2D eigenvalue weighted by Gasteiger charge is -2.28. The summed E-state index contributed by atoms with van der Waals surface area (Å²) in [7, 11) is 3.47. The van der Waals surface area contributed by atoms with Crippen molar-refractivity contribution in [2.75, 3.05) is 58.5 Å². The molecule has 0 unspecified atom stereocenters. The molecule has 0 spiro atoms. The Morgan fingerprint density at radius 2 is 2.00 bits per heavy atom. The van der Waals surface area contributed by atoms with Gasteiger partial charge >= 0.3 is 0 Å². The van der Waals surface area contributed by atoms with E-state index in [2.05, 4.69) is 37.6 Å². The molecule has 0 atom stereocenters. The molecular weight excluding hydrogens is 457 g/mol. The highest BCUT2D eigenvalue weighted by molar-refractivity contribution is 14.0. The zero-order valence-corrected chi connectivity index (χ0v) is 18.9. The van der Waals surface area contributed by atoms with Gasteiger partial charge in [0.05, 0.1) is 13.2 Å². The fraction of sp³-hybridized carbons (Fsp3) is 0.684. The van der Waals surface area contributed by atoms with E-state index in [1.54, 1.807) is 14.2 Å². The normalized spacial score (nSPS) is 14.6. The van der Waals surface area contributed by atoms with Crippen molar-refractivity contribution in [2.45, 2.75) is 32.2 Å². The van der Waals surface area contributed by atoms with Gasteiger partial charge in [-0.1, -0.05) is 0 Å². The van der Waals surface area contributed by atoms with E-state index < -0.39 is 0 Å². The van der Waals surface area contributed by atoms with E-state index in [0.717, 1.165) is 51.0 Å². The molecule has 2 heterocycles. The molecule has 0 aromatic carbocycles. The minimum absolute atomic E-state index is 0. The second-order valence-electron chi connectivity index (χ2n) is 6.38. The van der Waals surface area contributed by atoms with Crippen LogP contribution in [0.3, 0.4) is 0 Å². The molecule has 1 aromatic heterocycles. The van der Waals surface area contributed by atoms with Crippen LogP contribution < -0.4 is 15.5 Å². The molecule has 1 aromatic rings. The van der Waals surface area contributed by atoms with Gasteiger partial charge in [0.2, 0.25) is 0 Å². The van der Waals surface area contributed by atoms with Gasteiger partial charge in [-0.05, 0) is 43.4 Å². The maximum atomic E-state index is 5.45. The van der Waals surface area contributed by atoms with Crippen LogP contribution in [0.2, 0.25) is 0 Å². The maximum Gasteiger partial charge on any atom is 0.191 e. The van der Waals surface area contributed by atoms with Gasteiger partial charge in [0.25, 0.3) is 0 Å². The van der Waals surface area contributed by atoms with Crippen LogP contribution in [-0.4, -0.2) is 64.6 Å². The van der Waals surface area contributed by atoms with Crippen molar-refractivity contribution in [1.82, 2.24) is 15.6 Å². The molecule has 2 N–H and O–H groups in total. The summed E-state index contributed by atoms with van der Waals surface area (Å²) < 4.78 is 10.4. The minimum atomic E-state index is 0. The van der Waals surface area contributed by atoms with Crippen LogP contribution in [0.25, 0.3) is 0 Å². The van der Waals surface area contributed by atoms with Gasteiger partial charge in [0.1, 0.15) is 5.82 Å². The Morgan fingerprint density at radius 1 is 1.19 bits per heavy atom. The monoisotopic (exact) mass is 491 g/mol. The van der Waals surface area contributed by atoms with Crippen LogP contribution in [0.15, 0.2) is 23.3 Å². The first-order valence-electron chi connectivity index (χ1n) is 9.54. The summed E-state index contributed by atoms with van der Waals surface area (Å²) in [6.07, 6.45) is 6.68. The van der Waals surface area contributed by atoms with Gasteiger partial charge in [0, 0.05) is 53.1 Å². The number of methoxy groups -OCH3 is 1. The number of aromatic nitrogens is 1. The molecule has 1 fully saturated rings. The zero-order valence-electron chi connectivity index (χ0n) is 16.6. The Morgan fingerprint density at radius 3 is 2.74 bits per heavy atom. The highest BCUT2D eigenvalue weighted by atomic mass is 127. The molecule has 2 rings (SSSR count). The van der Waals surface area contributed by atoms with Crippen LogP contribution in [0.4, 0.5) is 5.82 Å². The van der Waals surface area contributed by atoms with E-state index in [9.17, 15) is 0 Å². The highest BCUT2D eigenvalue weighted by Gasteiger charge is 2.12. The van der Waals surface area contributed by atoms with Gasteiger partial charge in [-0.15, -0.1) is 24.0 Å². The topological polar surface area (TPSA) is 71.0 Å². The molecule has 0 aliphatic carbocycles. The highest BCUT2D eigenvalue weighted by Crippen LogP contribution is 2.18. The third-order valence-electron chi connectivity index (χ3n) is 4.36. The van der Waals surface area contributed by atoms with Crippen molar-refractivity contribution in [3.63, 3.8) is 0 Å². The average Bonchev–Trinajstić information content (AvgIpc) is 2.70. The molecule has 27 heavy (non-hydrogen) atoms. The summed E-state index contributed by atoms with van der Waals surface area (Å²) >= 11 is 0. The van der Waals surface area contributed by atoms with Gasteiger partial charge in [-0.2, -0.15) is 0 Å². The lowest BCUT2D eigenvalue weighted by molar-refractivity contribution is 0.0698. The third-order valence-corrected chi connectivity index (χ3v) is 4.36. The van der Waals surface area contributed by atoms with Crippen LogP contribution in [0.1, 0.15) is 31.2 Å². The largest absolute Gasteiger partial charge is 0.382 e. The molecule has 0 amide bonds. The number of hydrogen-bond donors (Lipinski definition) is 2. The average molecular weight is 491 g/mol. The van der Waals surface area contributed by atoms with Gasteiger partial charge in [0.15, 0.2) is 5.96 Å². The molecule has 1 saturated heterocycles. The quantitative estimate of drug-likeness (QED) is 0.227. The Labute approximate surface area is 180 Å². The van der Waals surface area contributed by atoms with E-state index in [1.807, 2.05) is 6.20 Å². The van der Waals surface area contributed by atoms with Crippen LogP contribution in [0, 0.1) is 0 Å². The molecule has 1 aliphatic rings. The standard InChI is InChI=1S/C19H33N5O2.HI/c1-20-19(22-8-6-12-26-14-13-25-2)23-16-17-7-9-21-18(15-17)24-10-4-3-5-11-24;/h7,9,15H,3-6,8,10-14,16H2,1-2H3,(H2,20,22,23);1H. The predicted molar refractivity (Wildman–Crippen MR) is 121 cm³/mol. The van der Waals surface area contributed by atoms with Crippen molar-refractivity contribution < 1.29 is 9.47 Å². The smallest absolute Gasteiger partial charge is 0.191 e. The number of ether oxygens (including phenoxy) is 2. The Bertz CT molecular complexity index is 539. The third kappa shape index (κ3) is 9.57. The summed E-state index contributed by atoms with van der Waals surface area (Å²) in [5.41, 5.74) is 1.21. The number of nitrogens with zero attached hydrogens (tertiary/aromatic N) is 3. The van der Waals surface area contributed by atoms with Crippen molar-refractivity contribution in [3.05, 3.63) is 23.9 Å². The fourth-order valence-corrected chi connectivity index (χ4v) is 2.90. The second-order valence-corrected chi connectivity index (χ2v) is 6.38. The lowest BCUT2D eigenvalue weighted by atomic mass is 10.1. The van der Waals surface area contributed by atoms with E-state index in [4.69, 9.17) is 9.47 Å². The van der Waals surface area contributed by atoms with Crippen molar-refractivity contribution in [1.29, 1.82) is 0 Å². The molecule has 7 nitrogen and oxygen atoms in total. The van der Waals surface area contributed by atoms with Crippen molar-refractivity contribution in [2.24, 2.45) is 4.99 Å². The van der Waals surface area contributed by atoms with E-state index >= 15 is 0 Å². The number of anilines is 1. The number of halogens is 1. The van der Waals surface area contributed by atoms with Gasteiger partial charge in [-0.3, -0.25) is 4.99 Å². The minimum Gasteiger partial charge on any atom is -0.382 e. The van der Waals surface area contributed by atoms with E-state index in [-0.39, 0.29) is 24.0 Å². The summed E-state index contributed by atoms with van der Waals surface area (Å²) in [6, 6.07) is 4.23. The molecule has 0 bridgehead atoms. The summed E-state index contributed by atoms with van der Waals surface area (Å²) in [5.74, 6) is 1.89. The van der Waals surface area contributed by atoms with Crippen LogP contribution in [-0.2, 0) is 16.0 Å². The van der Waals surface area contributed by atoms with Crippen LogP contribution in [0.5, 0.6) is 0 Å². The van der Waals surface area contributed by atoms with Crippen molar-refractivity contribution in [3.8, 4) is 0 Å². The number of rotatable bonds is 10. The van der Waals surface area contributed by atoms with Crippen LogP contribution >= 0.6 is 24.0 Å². The molecule has 0 radical (unpaired) electrons. The second kappa shape index (κ2) is 14.9. The lowest BCUT2D eigenvalue weighted by Crippen LogP contribution is -2.37. The number of aliphatic imine (C=N–C) groups is 1. The summed E-state index contributed by atoms with van der Waals surface area (Å²) in [6.45, 7) is 5.78. The first-order chi connectivity index (χ1) is 12.8. The van der Waals surface area contributed by atoms with Gasteiger partial charge < -0.3 is 25.0 Å². The number of piperidine rings is 1. The number of nitrogens with one attached hydrogen (secondary N) is 2. The molecule has 0 saturated carbocycles. The number of pyridine rings is 1. The van der Waals surface area contributed by atoms with Crippen molar-refractivity contribution >= 4 is 35.8 Å². The zero-order chi connectivity index (χ0) is 18.5. The molecular formula is C19H34IN5O2. The molecule has 154 valence electrons. The Balaban J connectivity index is 0.00000364. The first kappa shape index (κ1) is 23.9. The molecule has 8 heteroatoms. The Hall–Kier alpha value is -1.13. The fourth-order valence-electron chi connectivity index (χ4n) is 2.90. The van der Waals surface area contributed by atoms with Gasteiger partial charge in [-0.25, -0.2) is 4.98 Å². The maximum absolute atomic E-state index is 5.45. The number of guanidine groups is 1. The first-order valence-corrected chi connectivity index (χ1v) is 9.54. The molecule has 1 aliphatic heterocycles. The summed E-state index contributed by atoms with van der Waals surface area (Å²) in [4.78, 5) is 11.2. The predicted octanol–water partition coefficient (Wildman–Crippen LogP) is 2.41. The van der Waals surface area contributed by atoms with E-state index in [1.165, 1.54) is 24.8 Å².